The van der Waals surface area contributed by atoms with E-state index in [1.165, 1.54) is 0 Å². The normalized spacial score (nSPS) is 18.8. The van der Waals surface area contributed by atoms with E-state index < -0.39 is 0 Å². The third-order valence-corrected chi connectivity index (χ3v) is 3.63. The van der Waals surface area contributed by atoms with Gasteiger partial charge in [0.1, 0.15) is 11.5 Å². The van der Waals surface area contributed by atoms with Crippen LogP contribution in [-0.2, 0) is 9.47 Å². The highest BCUT2D eigenvalue weighted by molar-refractivity contribution is 5.95. The Morgan fingerprint density at radius 1 is 1.45 bits per heavy atom. The summed E-state index contributed by atoms with van der Waals surface area (Å²) in [5.74, 6) is 1.97. The van der Waals surface area contributed by atoms with Gasteiger partial charge >= 0.3 is 0 Å². The molecule has 5 heteroatoms. The van der Waals surface area contributed by atoms with Crippen LogP contribution in [0.5, 0.6) is 0 Å². The van der Waals surface area contributed by atoms with E-state index in [0.717, 1.165) is 25.3 Å². The first-order valence-corrected chi connectivity index (χ1v) is 7.04. The minimum absolute atomic E-state index is 0.0683. The second kappa shape index (κ2) is 6.90. The van der Waals surface area contributed by atoms with Crippen molar-refractivity contribution >= 4 is 5.91 Å². The maximum Gasteiger partial charge on any atom is 0.257 e. The van der Waals surface area contributed by atoms with Crippen molar-refractivity contribution in [3.8, 4) is 0 Å². The Labute approximate surface area is 119 Å². The van der Waals surface area contributed by atoms with E-state index in [0.29, 0.717) is 37.1 Å². The van der Waals surface area contributed by atoms with Gasteiger partial charge in [-0.25, -0.2) is 0 Å². The summed E-state index contributed by atoms with van der Waals surface area (Å²) in [7, 11) is 1.66. The maximum absolute atomic E-state index is 12.4. The van der Waals surface area contributed by atoms with Gasteiger partial charge in [0.2, 0.25) is 0 Å². The van der Waals surface area contributed by atoms with Gasteiger partial charge in [-0.15, -0.1) is 0 Å². The molecule has 0 saturated carbocycles. The lowest BCUT2D eigenvalue weighted by atomic mass is 10.1. The fourth-order valence-electron chi connectivity index (χ4n) is 2.56. The zero-order chi connectivity index (χ0) is 14.5. The third-order valence-electron chi connectivity index (χ3n) is 3.63. The van der Waals surface area contributed by atoms with Crippen LogP contribution >= 0.6 is 0 Å². The standard InChI is InChI=1S/C15H23NO4/c1-11-8-14(12(2)20-11)15(17)16-5-4-13(9-16)10-19-7-6-18-3/h8,13H,4-7,9-10H2,1-3H3. The Kier molecular flexibility index (Phi) is 5.20. The molecule has 1 atom stereocenters. The smallest absolute Gasteiger partial charge is 0.257 e. The predicted molar refractivity (Wildman–Crippen MR) is 74.9 cm³/mol. The van der Waals surface area contributed by atoms with E-state index in [4.69, 9.17) is 13.9 Å². The second-order valence-corrected chi connectivity index (χ2v) is 5.30. The number of carbonyl (C=O) groups excluding carboxylic acids is 1. The second-order valence-electron chi connectivity index (χ2n) is 5.30. The maximum atomic E-state index is 12.4. The Balaban J connectivity index is 1.83. The van der Waals surface area contributed by atoms with Gasteiger partial charge in [0, 0.05) is 26.1 Å². The molecule has 1 unspecified atom stereocenters. The first-order valence-electron chi connectivity index (χ1n) is 7.04. The summed E-state index contributed by atoms with van der Waals surface area (Å²) in [6.45, 7) is 7.17. The molecule has 2 heterocycles. The molecule has 1 aliphatic heterocycles. The van der Waals surface area contributed by atoms with Crippen molar-refractivity contribution in [2.45, 2.75) is 20.3 Å². The number of hydrogen-bond acceptors (Lipinski definition) is 4. The molecule has 1 saturated heterocycles. The molecular formula is C15H23NO4. The number of aryl methyl sites for hydroxylation is 2. The Bertz CT molecular complexity index is 455. The summed E-state index contributed by atoms with van der Waals surface area (Å²) in [4.78, 5) is 14.3. The zero-order valence-electron chi connectivity index (χ0n) is 12.5. The molecule has 5 nitrogen and oxygen atoms in total. The highest BCUT2D eigenvalue weighted by Gasteiger charge is 2.28. The lowest BCUT2D eigenvalue weighted by molar-refractivity contribution is 0.0515. The molecule has 2 rings (SSSR count). The zero-order valence-corrected chi connectivity index (χ0v) is 12.5. The number of rotatable bonds is 6. The van der Waals surface area contributed by atoms with Crippen LogP contribution in [0.4, 0.5) is 0 Å². The number of ether oxygens (including phenoxy) is 2. The molecule has 0 bridgehead atoms. The van der Waals surface area contributed by atoms with Crippen molar-refractivity contribution in [3.63, 3.8) is 0 Å². The summed E-state index contributed by atoms with van der Waals surface area (Å²) in [5, 5.41) is 0. The highest BCUT2D eigenvalue weighted by Crippen LogP contribution is 2.22. The molecule has 1 aromatic heterocycles. The van der Waals surface area contributed by atoms with E-state index in [1.54, 1.807) is 7.11 Å². The van der Waals surface area contributed by atoms with Crippen molar-refractivity contribution < 1.29 is 18.7 Å². The third kappa shape index (κ3) is 3.61. The van der Waals surface area contributed by atoms with Crippen molar-refractivity contribution in [2.75, 3.05) is 40.0 Å². The molecule has 0 N–H and O–H groups in total. The summed E-state index contributed by atoms with van der Waals surface area (Å²) in [6.07, 6.45) is 0.995. The van der Waals surface area contributed by atoms with Crippen molar-refractivity contribution in [1.29, 1.82) is 0 Å². The summed E-state index contributed by atoms with van der Waals surface area (Å²) in [5.41, 5.74) is 0.684. The van der Waals surface area contributed by atoms with Gasteiger partial charge in [0.25, 0.3) is 5.91 Å². The van der Waals surface area contributed by atoms with Gasteiger partial charge in [-0.1, -0.05) is 0 Å². The lowest BCUT2D eigenvalue weighted by Crippen LogP contribution is -2.29. The van der Waals surface area contributed by atoms with Gasteiger partial charge < -0.3 is 18.8 Å². The highest BCUT2D eigenvalue weighted by atomic mass is 16.5. The first-order chi connectivity index (χ1) is 9.61. The van der Waals surface area contributed by atoms with Crippen LogP contribution in [0.1, 0.15) is 28.3 Å². The van der Waals surface area contributed by atoms with E-state index in [1.807, 2.05) is 24.8 Å². The van der Waals surface area contributed by atoms with Crippen LogP contribution in [0.2, 0.25) is 0 Å². The topological polar surface area (TPSA) is 51.9 Å². The van der Waals surface area contributed by atoms with Gasteiger partial charge in [0.15, 0.2) is 0 Å². The molecule has 1 amide bonds. The van der Waals surface area contributed by atoms with Crippen LogP contribution in [-0.4, -0.2) is 50.8 Å². The number of methoxy groups -OCH3 is 1. The number of carbonyl (C=O) groups is 1. The summed E-state index contributed by atoms with van der Waals surface area (Å²) < 4.78 is 15.9. The fourth-order valence-corrected chi connectivity index (χ4v) is 2.56. The SMILES string of the molecule is COCCOCC1CCN(C(=O)c2cc(C)oc2C)C1. The number of likely N-dealkylation sites (tertiary alicyclic amines) is 1. The molecule has 0 aliphatic carbocycles. The summed E-state index contributed by atoms with van der Waals surface area (Å²) in [6, 6.07) is 1.82. The average Bonchev–Trinajstić information content (AvgIpc) is 3.01. The molecule has 0 radical (unpaired) electrons. The number of nitrogens with zero attached hydrogens (tertiary/aromatic N) is 1. The van der Waals surface area contributed by atoms with E-state index in [9.17, 15) is 4.79 Å². The molecule has 0 aromatic carbocycles. The predicted octanol–water partition coefficient (Wildman–Crippen LogP) is 2.02. The van der Waals surface area contributed by atoms with Gasteiger partial charge in [-0.05, 0) is 26.3 Å². The Morgan fingerprint density at radius 3 is 2.90 bits per heavy atom. The first kappa shape index (κ1) is 15.1. The van der Waals surface area contributed by atoms with Crippen LogP contribution in [0.25, 0.3) is 0 Å². The van der Waals surface area contributed by atoms with E-state index in [-0.39, 0.29) is 5.91 Å². The average molecular weight is 281 g/mol. The Hall–Kier alpha value is -1.33. The molecule has 0 spiro atoms. The van der Waals surface area contributed by atoms with Gasteiger partial charge in [-0.3, -0.25) is 4.79 Å². The number of furan rings is 1. The Morgan fingerprint density at radius 2 is 2.25 bits per heavy atom. The largest absolute Gasteiger partial charge is 0.466 e. The van der Waals surface area contributed by atoms with Crippen LogP contribution in [0, 0.1) is 19.8 Å². The van der Waals surface area contributed by atoms with Crippen LogP contribution in [0.3, 0.4) is 0 Å². The van der Waals surface area contributed by atoms with Gasteiger partial charge in [0.05, 0.1) is 25.4 Å². The number of hydrogen-bond donors (Lipinski definition) is 0. The molecular weight excluding hydrogens is 258 g/mol. The molecule has 1 fully saturated rings. The minimum atomic E-state index is 0.0683. The van der Waals surface area contributed by atoms with E-state index >= 15 is 0 Å². The number of amides is 1. The van der Waals surface area contributed by atoms with Gasteiger partial charge in [-0.2, -0.15) is 0 Å². The van der Waals surface area contributed by atoms with Crippen molar-refractivity contribution in [3.05, 3.63) is 23.2 Å². The molecule has 1 aliphatic rings. The molecule has 1 aromatic rings. The lowest BCUT2D eigenvalue weighted by Gasteiger charge is -2.16. The molecule has 112 valence electrons. The van der Waals surface area contributed by atoms with Crippen LogP contribution in [0.15, 0.2) is 10.5 Å². The van der Waals surface area contributed by atoms with Crippen molar-refractivity contribution in [2.24, 2.45) is 5.92 Å². The quantitative estimate of drug-likeness (QED) is 0.749. The summed E-state index contributed by atoms with van der Waals surface area (Å²) >= 11 is 0. The van der Waals surface area contributed by atoms with Crippen molar-refractivity contribution in [1.82, 2.24) is 4.90 Å². The van der Waals surface area contributed by atoms with Crippen LogP contribution < -0.4 is 0 Å². The monoisotopic (exact) mass is 281 g/mol. The minimum Gasteiger partial charge on any atom is -0.466 e. The fraction of sp³-hybridized carbons (Fsp3) is 0.667. The van der Waals surface area contributed by atoms with E-state index in [2.05, 4.69) is 0 Å². The molecule has 20 heavy (non-hydrogen) atoms.